The van der Waals surface area contributed by atoms with Crippen LogP contribution in [0.15, 0.2) is 83.8 Å². The standard InChI is InChI=1S/C29H34ClN3O5S/c1-5-27(29(35)31-21(2)3)32(19-22-10-9-11-25(18-22)38-4)28(34)20-33(24-16-14-23(30)15-17-24)39(36,37)26-12-7-6-8-13-26/h6-18,21,27H,5,19-20H2,1-4H3,(H,31,35). The summed E-state index contributed by atoms with van der Waals surface area (Å²) in [5, 5.41) is 3.31. The summed E-state index contributed by atoms with van der Waals surface area (Å²) in [6.07, 6.45) is 0.334. The molecule has 2 amide bonds. The normalized spacial score (nSPS) is 12.1. The van der Waals surface area contributed by atoms with E-state index < -0.39 is 28.5 Å². The van der Waals surface area contributed by atoms with Gasteiger partial charge in [-0.05, 0) is 74.4 Å². The van der Waals surface area contributed by atoms with Crippen molar-refractivity contribution >= 4 is 39.1 Å². The van der Waals surface area contributed by atoms with Crippen molar-refractivity contribution in [2.24, 2.45) is 0 Å². The molecule has 3 aromatic rings. The lowest BCUT2D eigenvalue weighted by Crippen LogP contribution is -2.53. The van der Waals surface area contributed by atoms with Gasteiger partial charge in [-0.15, -0.1) is 0 Å². The molecule has 0 heterocycles. The summed E-state index contributed by atoms with van der Waals surface area (Å²) >= 11 is 6.06. The molecular weight excluding hydrogens is 538 g/mol. The predicted octanol–water partition coefficient (Wildman–Crippen LogP) is 4.88. The third-order valence-electron chi connectivity index (χ3n) is 6.03. The maximum Gasteiger partial charge on any atom is 0.264 e. The maximum absolute atomic E-state index is 14.0. The average molecular weight is 572 g/mol. The van der Waals surface area contributed by atoms with Crippen molar-refractivity contribution < 1.29 is 22.7 Å². The molecule has 0 spiro atoms. The Bertz CT molecular complexity index is 1370. The highest BCUT2D eigenvalue weighted by atomic mass is 35.5. The van der Waals surface area contributed by atoms with E-state index in [1.807, 2.05) is 26.8 Å². The Kier molecular flexibility index (Phi) is 10.4. The summed E-state index contributed by atoms with van der Waals surface area (Å²) in [5.41, 5.74) is 1.01. The Morgan fingerprint density at radius 2 is 1.64 bits per heavy atom. The van der Waals surface area contributed by atoms with Crippen LogP contribution in [-0.2, 0) is 26.2 Å². The summed E-state index contributed by atoms with van der Waals surface area (Å²) in [5.74, 6) is -0.236. The van der Waals surface area contributed by atoms with Crippen molar-refractivity contribution in [2.75, 3.05) is 18.0 Å². The highest BCUT2D eigenvalue weighted by molar-refractivity contribution is 7.92. The topological polar surface area (TPSA) is 96.0 Å². The van der Waals surface area contributed by atoms with Crippen LogP contribution in [0.4, 0.5) is 5.69 Å². The van der Waals surface area contributed by atoms with Crippen LogP contribution in [0.1, 0.15) is 32.8 Å². The van der Waals surface area contributed by atoms with Gasteiger partial charge in [0.05, 0.1) is 17.7 Å². The fraction of sp³-hybridized carbons (Fsp3) is 0.310. The number of hydrogen-bond acceptors (Lipinski definition) is 5. The van der Waals surface area contributed by atoms with E-state index in [0.717, 1.165) is 9.87 Å². The van der Waals surface area contributed by atoms with Gasteiger partial charge in [0.1, 0.15) is 18.3 Å². The van der Waals surface area contributed by atoms with Crippen LogP contribution in [0.25, 0.3) is 0 Å². The molecular formula is C29H34ClN3O5S. The van der Waals surface area contributed by atoms with Gasteiger partial charge < -0.3 is 15.0 Å². The van der Waals surface area contributed by atoms with Crippen LogP contribution in [0.5, 0.6) is 5.75 Å². The van der Waals surface area contributed by atoms with Crippen molar-refractivity contribution in [1.29, 1.82) is 0 Å². The molecule has 0 fully saturated rings. The quantitative estimate of drug-likeness (QED) is 0.334. The smallest absolute Gasteiger partial charge is 0.264 e. The molecule has 0 bridgehead atoms. The zero-order chi connectivity index (χ0) is 28.6. The first kappa shape index (κ1) is 30.0. The van der Waals surface area contributed by atoms with Gasteiger partial charge in [0.2, 0.25) is 11.8 Å². The number of halogens is 1. The van der Waals surface area contributed by atoms with Crippen molar-refractivity contribution in [3.05, 3.63) is 89.4 Å². The molecule has 10 heteroatoms. The molecule has 0 aromatic heterocycles. The SMILES string of the molecule is CCC(C(=O)NC(C)C)N(Cc1cccc(OC)c1)C(=O)CN(c1ccc(Cl)cc1)S(=O)(=O)c1ccccc1. The lowest BCUT2D eigenvalue weighted by molar-refractivity contribution is -0.140. The molecule has 0 aliphatic heterocycles. The number of nitrogens with one attached hydrogen (secondary N) is 1. The van der Waals surface area contributed by atoms with Crippen LogP contribution in [0.2, 0.25) is 5.02 Å². The van der Waals surface area contributed by atoms with E-state index >= 15 is 0 Å². The summed E-state index contributed by atoms with van der Waals surface area (Å²) in [4.78, 5) is 28.6. The van der Waals surface area contributed by atoms with Crippen LogP contribution < -0.4 is 14.4 Å². The van der Waals surface area contributed by atoms with Crippen molar-refractivity contribution in [2.45, 2.75) is 50.7 Å². The van der Waals surface area contributed by atoms with Crippen LogP contribution in [0.3, 0.4) is 0 Å². The molecule has 208 valence electrons. The Morgan fingerprint density at radius 3 is 2.23 bits per heavy atom. The first-order valence-electron chi connectivity index (χ1n) is 12.6. The van der Waals surface area contributed by atoms with E-state index in [9.17, 15) is 18.0 Å². The second-order valence-corrected chi connectivity index (χ2v) is 11.6. The second kappa shape index (κ2) is 13.5. The van der Waals surface area contributed by atoms with Crippen LogP contribution in [-0.4, -0.2) is 50.9 Å². The number of amides is 2. The Balaban J connectivity index is 2.05. The number of hydrogen-bond donors (Lipinski definition) is 1. The Labute approximate surface area is 235 Å². The summed E-state index contributed by atoms with van der Waals surface area (Å²) in [6.45, 7) is 5.06. The first-order chi connectivity index (χ1) is 18.6. The lowest BCUT2D eigenvalue weighted by atomic mass is 10.1. The number of rotatable bonds is 12. The molecule has 0 aliphatic carbocycles. The fourth-order valence-electron chi connectivity index (χ4n) is 4.12. The molecule has 0 radical (unpaired) electrons. The summed E-state index contributed by atoms with van der Waals surface area (Å²) < 4.78 is 33.9. The lowest BCUT2D eigenvalue weighted by Gasteiger charge is -2.33. The van der Waals surface area contributed by atoms with E-state index in [2.05, 4.69) is 5.32 Å². The third kappa shape index (κ3) is 7.74. The predicted molar refractivity (Wildman–Crippen MR) is 153 cm³/mol. The van der Waals surface area contributed by atoms with Gasteiger partial charge in [-0.25, -0.2) is 8.42 Å². The van der Waals surface area contributed by atoms with Crippen LogP contribution >= 0.6 is 11.6 Å². The van der Waals surface area contributed by atoms with Gasteiger partial charge >= 0.3 is 0 Å². The average Bonchev–Trinajstić information content (AvgIpc) is 2.92. The molecule has 1 unspecified atom stereocenters. The minimum absolute atomic E-state index is 0.0386. The second-order valence-electron chi connectivity index (χ2n) is 9.26. The van der Waals surface area contributed by atoms with Gasteiger partial charge in [-0.1, -0.05) is 48.9 Å². The van der Waals surface area contributed by atoms with Gasteiger partial charge in [0.25, 0.3) is 10.0 Å². The molecule has 0 saturated heterocycles. The number of ether oxygens (including phenoxy) is 1. The molecule has 3 rings (SSSR count). The van der Waals surface area contributed by atoms with Gasteiger partial charge in [0, 0.05) is 17.6 Å². The number of carbonyl (C=O) groups excluding carboxylic acids is 2. The zero-order valence-electron chi connectivity index (χ0n) is 22.5. The van der Waals surface area contributed by atoms with E-state index in [4.69, 9.17) is 16.3 Å². The van der Waals surface area contributed by atoms with E-state index in [1.165, 1.54) is 17.0 Å². The minimum atomic E-state index is -4.13. The Morgan fingerprint density at radius 1 is 0.974 bits per heavy atom. The molecule has 1 atom stereocenters. The van der Waals surface area contributed by atoms with Gasteiger partial charge in [0.15, 0.2) is 0 Å². The van der Waals surface area contributed by atoms with Crippen molar-refractivity contribution in [3.63, 3.8) is 0 Å². The highest BCUT2D eigenvalue weighted by Crippen LogP contribution is 2.26. The number of sulfonamides is 1. The molecule has 1 N–H and O–H groups in total. The van der Waals surface area contributed by atoms with E-state index in [1.54, 1.807) is 67.8 Å². The summed E-state index contributed by atoms with van der Waals surface area (Å²) in [7, 11) is -2.58. The van der Waals surface area contributed by atoms with E-state index in [0.29, 0.717) is 17.2 Å². The van der Waals surface area contributed by atoms with Gasteiger partial charge in [-0.2, -0.15) is 0 Å². The number of carbonyl (C=O) groups is 2. The third-order valence-corrected chi connectivity index (χ3v) is 8.07. The zero-order valence-corrected chi connectivity index (χ0v) is 24.1. The number of nitrogens with zero attached hydrogens (tertiary/aromatic N) is 2. The molecule has 8 nitrogen and oxygen atoms in total. The number of methoxy groups -OCH3 is 1. The molecule has 39 heavy (non-hydrogen) atoms. The molecule has 3 aromatic carbocycles. The summed E-state index contributed by atoms with van der Waals surface area (Å²) in [6, 6.07) is 20.4. The highest BCUT2D eigenvalue weighted by Gasteiger charge is 2.33. The Hall–Kier alpha value is -3.56. The minimum Gasteiger partial charge on any atom is -0.497 e. The first-order valence-corrected chi connectivity index (χ1v) is 14.4. The van der Waals surface area contributed by atoms with Crippen molar-refractivity contribution in [3.8, 4) is 5.75 Å². The molecule has 0 saturated carbocycles. The number of benzene rings is 3. The molecule has 0 aliphatic rings. The fourth-order valence-corrected chi connectivity index (χ4v) is 5.68. The largest absolute Gasteiger partial charge is 0.497 e. The van der Waals surface area contributed by atoms with Crippen molar-refractivity contribution in [1.82, 2.24) is 10.2 Å². The number of anilines is 1. The van der Waals surface area contributed by atoms with Gasteiger partial charge in [-0.3, -0.25) is 13.9 Å². The van der Waals surface area contributed by atoms with Crippen LogP contribution in [0, 0.1) is 0 Å². The maximum atomic E-state index is 14.0. The van der Waals surface area contributed by atoms with E-state index in [-0.39, 0.29) is 29.1 Å². The monoisotopic (exact) mass is 571 g/mol.